The maximum atomic E-state index is 12.5. The molecular formula is C19H27N3O2. The first-order valence-corrected chi connectivity index (χ1v) is 9.04. The van der Waals surface area contributed by atoms with Crippen LogP contribution in [0.1, 0.15) is 56.4 Å². The predicted octanol–water partition coefficient (Wildman–Crippen LogP) is 3.48. The number of rotatable bonds is 3. The molecule has 24 heavy (non-hydrogen) atoms. The van der Waals surface area contributed by atoms with E-state index in [0.717, 1.165) is 24.1 Å². The first-order chi connectivity index (χ1) is 11.6. The van der Waals surface area contributed by atoms with E-state index >= 15 is 0 Å². The fourth-order valence-corrected chi connectivity index (χ4v) is 3.83. The van der Waals surface area contributed by atoms with Gasteiger partial charge in [0.2, 0.25) is 5.91 Å². The van der Waals surface area contributed by atoms with Crippen molar-refractivity contribution in [2.75, 3.05) is 18.9 Å². The van der Waals surface area contributed by atoms with E-state index in [2.05, 4.69) is 10.6 Å². The van der Waals surface area contributed by atoms with E-state index in [1.165, 1.54) is 25.7 Å². The highest BCUT2D eigenvalue weighted by Gasteiger charge is 2.26. The lowest BCUT2D eigenvalue weighted by atomic mass is 9.90. The van der Waals surface area contributed by atoms with Crippen LogP contribution < -0.4 is 10.6 Å². The quantitative estimate of drug-likeness (QED) is 0.834. The van der Waals surface area contributed by atoms with Gasteiger partial charge in [-0.05, 0) is 24.5 Å². The van der Waals surface area contributed by atoms with Crippen LogP contribution in [0.25, 0.3) is 0 Å². The molecule has 0 bridgehead atoms. The molecule has 0 spiro atoms. The van der Waals surface area contributed by atoms with Gasteiger partial charge in [0.15, 0.2) is 0 Å². The maximum absolute atomic E-state index is 12.5. The first-order valence-electron chi connectivity index (χ1n) is 9.04. The van der Waals surface area contributed by atoms with Gasteiger partial charge in [-0.3, -0.25) is 4.79 Å². The number of anilines is 1. The molecule has 3 amide bonds. The van der Waals surface area contributed by atoms with Gasteiger partial charge < -0.3 is 15.5 Å². The number of hydrogen-bond donors (Lipinski definition) is 2. The topological polar surface area (TPSA) is 61.4 Å². The summed E-state index contributed by atoms with van der Waals surface area (Å²) in [5.74, 6) is 0.0616. The fourth-order valence-electron chi connectivity index (χ4n) is 3.83. The van der Waals surface area contributed by atoms with Crippen molar-refractivity contribution in [3.05, 3.63) is 29.8 Å². The van der Waals surface area contributed by atoms with Gasteiger partial charge in [0.1, 0.15) is 0 Å². The molecule has 1 aliphatic carbocycles. The molecule has 2 N–H and O–H groups in total. The normalized spacial score (nSPS) is 21.4. The van der Waals surface area contributed by atoms with E-state index in [1.807, 2.05) is 36.2 Å². The molecule has 1 saturated carbocycles. The Labute approximate surface area is 143 Å². The highest BCUT2D eigenvalue weighted by molar-refractivity contribution is 5.94. The molecule has 1 aliphatic heterocycles. The summed E-state index contributed by atoms with van der Waals surface area (Å²) >= 11 is 0. The van der Waals surface area contributed by atoms with Crippen molar-refractivity contribution in [3.63, 3.8) is 0 Å². The van der Waals surface area contributed by atoms with Crippen molar-refractivity contribution in [3.8, 4) is 0 Å². The van der Waals surface area contributed by atoms with Gasteiger partial charge in [-0.2, -0.15) is 0 Å². The van der Waals surface area contributed by atoms with Crippen molar-refractivity contribution < 1.29 is 9.59 Å². The van der Waals surface area contributed by atoms with Crippen molar-refractivity contribution in [2.24, 2.45) is 0 Å². The van der Waals surface area contributed by atoms with Crippen LogP contribution in [0, 0.1) is 0 Å². The summed E-state index contributed by atoms with van der Waals surface area (Å²) < 4.78 is 0. The molecule has 3 rings (SSSR count). The molecule has 5 nitrogen and oxygen atoms in total. The molecule has 2 aliphatic rings. The molecule has 5 heteroatoms. The van der Waals surface area contributed by atoms with E-state index in [9.17, 15) is 9.59 Å². The highest BCUT2D eigenvalue weighted by atomic mass is 16.2. The molecule has 1 fully saturated rings. The van der Waals surface area contributed by atoms with Gasteiger partial charge in [-0.25, -0.2) is 4.79 Å². The molecule has 0 radical (unpaired) electrons. The molecule has 1 aromatic carbocycles. The second kappa shape index (κ2) is 7.69. The zero-order chi connectivity index (χ0) is 16.9. The Hall–Kier alpha value is -2.04. The molecule has 130 valence electrons. The SMILES string of the molecule is CN(C(=O)NC[C@@H]1CC(=O)Nc2ccccc21)C1CCCCCC1. The summed E-state index contributed by atoms with van der Waals surface area (Å²) in [7, 11) is 1.90. The number of hydrogen-bond acceptors (Lipinski definition) is 2. The van der Waals surface area contributed by atoms with Crippen LogP contribution in [0.4, 0.5) is 10.5 Å². The Morgan fingerprint density at radius 1 is 1.21 bits per heavy atom. The van der Waals surface area contributed by atoms with E-state index < -0.39 is 0 Å². The average molecular weight is 329 g/mol. The van der Waals surface area contributed by atoms with E-state index in [1.54, 1.807) is 0 Å². The predicted molar refractivity (Wildman–Crippen MR) is 95.1 cm³/mol. The summed E-state index contributed by atoms with van der Waals surface area (Å²) in [6.07, 6.45) is 7.58. The smallest absolute Gasteiger partial charge is 0.317 e. The zero-order valence-electron chi connectivity index (χ0n) is 14.4. The summed E-state index contributed by atoms with van der Waals surface area (Å²) in [5, 5.41) is 5.94. The number of para-hydroxylation sites is 1. The van der Waals surface area contributed by atoms with Gasteiger partial charge in [0.05, 0.1) is 0 Å². The Balaban J connectivity index is 1.59. The number of benzene rings is 1. The van der Waals surface area contributed by atoms with E-state index in [4.69, 9.17) is 0 Å². The third kappa shape index (κ3) is 3.89. The van der Waals surface area contributed by atoms with E-state index in [-0.39, 0.29) is 17.9 Å². The van der Waals surface area contributed by atoms with Crippen LogP contribution in [-0.2, 0) is 4.79 Å². The Morgan fingerprint density at radius 2 is 1.92 bits per heavy atom. The van der Waals surface area contributed by atoms with Crippen LogP contribution >= 0.6 is 0 Å². The lowest BCUT2D eigenvalue weighted by Crippen LogP contribution is -2.45. The zero-order valence-corrected chi connectivity index (χ0v) is 14.4. The van der Waals surface area contributed by atoms with Gasteiger partial charge in [0.25, 0.3) is 0 Å². The molecule has 1 heterocycles. The molecule has 1 aromatic rings. The first kappa shape index (κ1) is 16.8. The Bertz CT molecular complexity index is 594. The molecule has 0 aromatic heterocycles. The number of nitrogens with zero attached hydrogens (tertiary/aromatic N) is 1. The van der Waals surface area contributed by atoms with Crippen LogP contribution in [0.15, 0.2) is 24.3 Å². The van der Waals surface area contributed by atoms with Crippen LogP contribution in [0.2, 0.25) is 0 Å². The fraction of sp³-hybridized carbons (Fsp3) is 0.579. The highest BCUT2D eigenvalue weighted by Crippen LogP contribution is 2.31. The molecule has 0 unspecified atom stereocenters. The number of amides is 3. The minimum absolute atomic E-state index is 0.0186. The second-order valence-corrected chi connectivity index (χ2v) is 6.98. The van der Waals surface area contributed by atoms with Crippen LogP contribution in [0.5, 0.6) is 0 Å². The van der Waals surface area contributed by atoms with Gasteiger partial charge in [0, 0.05) is 37.7 Å². The average Bonchev–Trinajstić information content (AvgIpc) is 2.87. The Kier molecular flexibility index (Phi) is 5.38. The lowest BCUT2D eigenvalue weighted by Gasteiger charge is -2.30. The second-order valence-electron chi connectivity index (χ2n) is 6.98. The third-order valence-electron chi connectivity index (χ3n) is 5.30. The van der Waals surface area contributed by atoms with Crippen molar-refractivity contribution >= 4 is 17.6 Å². The van der Waals surface area contributed by atoms with Gasteiger partial charge in [-0.15, -0.1) is 0 Å². The number of fused-ring (bicyclic) bond motifs is 1. The minimum Gasteiger partial charge on any atom is -0.337 e. The Morgan fingerprint density at radius 3 is 2.67 bits per heavy atom. The summed E-state index contributed by atoms with van der Waals surface area (Å²) in [5.41, 5.74) is 1.97. The number of carbonyl (C=O) groups excluding carboxylic acids is 2. The number of carbonyl (C=O) groups is 2. The molecule has 0 saturated heterocycles. The molecule has 1 atom stereocenters. The van der Waals surface area contributed by atoms with Crippen LogP contribution in [-0.4, -0.2) is 36.5 Å². The maximum Gasteiger partial charge on any atom is 0.317 e. The monoisotopic (exact) mass is 329 g/mol. The third-order valence-corrected chi connectivity index (χ3v) is 5.30. The molecular weight excluding hydrogens is 302 g/mol. The standard InChI is InChI=1S/C19H27N3O2/c1-22(15-8-4-2-3-5-9-15)19(24)20-13-14-12-18(23)21-17-11-7-6-10-16(14)17/h6-7,10-11,14-15H,2-5,8-9,12-13H2,1H3,(H,20,24)(H,21,23)/t14-/m0/s1. The van der Waals surface area contributed by atoms with Crippen molar-refractivity contribution in [1.29, 1.82) is 0 Å². The lowest BCUT2D eigenvalue weighted by molar-refractivity contribution is -0.116. The summed E-state index contributed by atoms with van der Waals surface area (Å²) in [6.45, 7) is 0.500. The minimum atomic E-state index is -0.0228. The van der Waals surface area contributed by atoms with Gasteiger partial charge in [-0.1, -0.05) is 43.9 Å². The summed E-state index contributed by atoms with van der Waals surface area (Å²) in [4.78, 5) is 26.2. The largest absolute Gasteiger partial charge is 0.337 e. The number of urea groups is 1. The number of nitrogens with one attached hydrogen (secondary N) is 2. The van der Waals surface area contributed by atoms with Crippen molar-refractivity contribution in [2.45, 2.75) is 56.9 Å². The van der Waals surface area contributed by atoms with Gasteiger partial charge >= 0.3 is 6.03 Å². The van der Waals surface area contributed by atoms with E-state index in [0.29, 0.717) is 19.0 Å². The summed E-state index contributed by atoms with van der Waals surface area (Å²) in [6, 6.07) is 8.15. The van der Waals surface area contributed by atoms with Crippen LogP contribution in [0.3, 0.4) is 0 Å². The van der Waals surface area contributed by atoms with Crippen molar-refractivity contribution in [1.82, 2.24) is 10.2 Å².